The summed E-state index contributed by atoms with van der Waals surface area (Å²) < 4.78 is 83.5. The molecule has 3 rings (SSSR count). The van der Waals surface area contributed by atoms with E-state index in [0.29, 0.717) is 32.7 Å². The van der Waals surface area contributed by atoms with Crippen LogP contribution in [0.3, 0.4) is 0 Å². The van der Waals surface area contributed by atoms with Crippen LogP contribution in [-0.2, 0) is 17.1 Å². The van der Waals surface area contributed by atoms with Crippen molar-refractivity contribution >= 4 is 39.2 Å². The molecule has 3 aromatic carbocycles. The first-order chi connectivity index (χ1) is 16.8. The van der Waals surface area contributed by atoms with Gasteiger partial charge in [-0.1, -0.05) is 30.3 Å². The molecule has 3 aromatic rings. The largest absolute Gasteiger partial charge is 0.481 e. The average molecular weight is 591 g/mol. The highest BCUT2D eigenvalue weighted by atomic mass is 79.9. The molecule has 0 amide bonds. The van der Waals surface area contributed by atoms with Crippen molar-refractivity contribution < 1.29 is 41.0 Å². The summed E-state index contributed by atoms with van der Waals surface area (Å²) in [5, 5.41) is 8.72. The van der Waals surface area contributed by atoms with E-state index < -0.39 is 36.1 Å². The molecule has 0 aromatic heterocycles. The monoisotopic (exact) mass is 590 g/mol. The Kier molecular flexibility index (Phi) is 8.78. The lowest BCUT2D eigenvalue weighted by Gasteiger charge is -2.13. The first kappa shape index (κ1) is 27.7. The molecule has 11 heteroatoms. The van der Waals surface area contributed by atoms with E-state index in [2.05, 4.69) is 15.9 Å². The van der Waals surface area contributed by atoms with Gasteiger partial charge in [-0.2, -0.15) is 26.3 Å². The van der Waals surface area contributed by atoms with Gasteiger partial charge < -0.3 is 9.84 Å². The van der Waals surface area contributed by atoms with Crippen LogP contribution in [0.5, 0.6) is 5.75 Å². The van der Waals surface area contributed by atoms with Crippen LogP contribution in [0.1, 0.15) is 22.3 Å². The number of ether oxygens (including phenoxy) is 1. The molecular weight excluding hydrogens is 574 g/mol. The highest BCUT2D eigenvalue weighted by Gasteiger charge is 2.31. The number of benzene rings is 3. The highest BCUT2D eigenvalue weighted by Crippen LogP contribution is 2.35. The van der Waals surface area contributed by atoms with E-state index in [-0.39, 0.29) is 0 Å². The number of hydrogen-bond donors (Lipinski definition) is 1. The standard InChI is InChI=1S/C25H17BrF6O3S/c26-21-13-19(9-10-22(21)35-14-23(33)34)36-12-11-20(15-1-5-17(6-2-15)24(27,28)29)16-3-7-18(8-4-16)25(30,31)32/h1-11,13H,12,14H2,(H,33,34). The summed E-state index contributed by atoms with van der Waals surface area (Å²) in [6, 6.07) is 13.8. The van der Waals surface area contributed by atoms with Crippen LogP contribution in [0.2, 0.25) is 0 Å². The van der Waals surface area contributed by atoms with E-state index in [1.165, 1.54) is 36.0 Å². The Hall–Kier alpha value is -2.92. The first-order valence-electron chi connectivity index (χ1n) is 10.2. The Morgan fingerprint density at radius 3 is 1.78 bits per heavy atom. The molecule has 3 nitrogen and oxygen atoms in total. The Labute approximate surface area is 214 Å². The smallest absolute Gasteiger partial charge is 0.416 e. The second-order valence-corrected chi connectivity index (χ2v) is 9.30. The molecule has 0 saturated heterocycles. The zero-order valence-corrected chi connectivity index (χ0v) is 20.6. The zero-order valence-electron chi connectivity index (χ0n) is 18.2. The number of aliphatic carboxylic acids is 1. The van der Waals surface area contributed by atoms with Crippen molar-refractivity contribution in [1.82, 2.24) is 0 Å². The van der Waals surface area contributed by atoms with E-state index in [9.17, 15) is 31.1 Å². The number of thioether (sulfide) groups is 1. The van der Waals surface area contributed by atoms with Crippen LogP contribution in [0.4, 0.5) is 26.3 Å². The minimum Gasteiger partial charge on any atom is -0.481 e. The summed E-state index contributed by atoms with van der Waals surface area (Å²) in [4.78, 5) is 11.4. The number of carboxylic acid groups (broad SMARTS) is 1. The number of carbonyl (C=O) groups is 1. The van der Waals surface area contributed by atoms with Crippen molar-refractivity contribution in [1.29, 1.82) is 0 Å². The molecule has 0 spiro atoms. The van der Waals surface area contributed by atoms with Gasteiger partial charge in [0.15, 0.2) is 6.61 Å². The van der Waals surface area contributed by atoms with Crippen LogP contribution in [0.15, 0.2) is 82.2 Å². The number of carboxylic acids is 1. The van der Waals surface area contributed by atoms with Crippen molar-refractivity contribution in [3.8, 4) is 5.75 Å². The maximum atomic E-state index is 13.0. The first-order valence-corrected chi connectivity index (χ1v) is 11.9. The molecule has 36 heavy (non-hydrogen) atoms. The number of halogens is 7. The quantitative estimate of drug-likeness (QED) is 0.212. The highest BCUT2D eigenvalue weighted by molar-refractivity contribution is 9.10. The maximum Gasteiger partial charge on any atom is 0.416 e. The minimum atomic E-state index is -4.51. The molecular formula is C25H17BrF6O3S. The van der Waals surface area contributed by atoms with Gasteiger partial charge in [0.1, 0.15) is 5.75 Å². The van der Waals surface area contributed by atoms with Gasteiger partial charge in [0.2, 0.25) is 0 Å². The van der Waals surface area contributed by atoms with Gasteiger partial charge in [0.05, 0.1) is 15.6 Å². The van der Waals surface area contributed by atoms with Gasteiger partial charge in [-0.25, -0.2) is 4.79 Å². The fourth-order valence-corrected chi connectivity index (χ4v) is 4.58. The second kappa shape index (κ2) is 11.4. The van der Waals surface area contributed by atoms with Crippen LogP contribution >= 0.6 is 27.7 Å². The summed E-state index contributed by atoms with van der Waals surface area (Å²) in [7, 11) is 0. The zero-order chi connectivity index (χ0) is 26.5. The Balaban J connectivity index is 1.86. The fraction of sp³-hybridized carbons (Fsp3) is 0.160. The maximum absolute atomic E-state index is 13.0. The molecule has 190 valence electrons. The van der Waals surface area contributed by atoms with Gasteiger partial charge in [-0.3, -0.25) is 0 Å². The van der Waals surface area contributed by atoms with Crippen molar-refractivity contribution in [2.75, 3.05) is 12.4 Å². The van der Waals surface area contributed by atoms with Crippen molar-refractivity contribution in [3.05, 3.63) is 99.5 Å². The lowest BCUT2D eigenvalue weighted by Crippen LogP contribution is -2.09. The predicted molar refractivity (Wildman–Crippen MR) is 128 cm³/mol. The second-order valence-electron chi connectivity index (χ2n) is 7.35. The summed E-state index contributed by atoms with van der Waals surface area (Å²) in [5.74, 6) is -0.434. The van der Waals surface area contributed by atoms with Crippen LogP contribution < -0.4 is 4.74 Å². The lowest BCUT2D eigenvalue weighted by atomic mass is 9.96. The summed E-state index contributed by atoms with van der Waals surface area (Å²) in [6.07, 6.45) is -7.31. The van der Waals surface area contributed by atoms with Gasteiger partial charge >= 0.3 is 18.3 Å². The van der Waals surface area contributed by atoms with Crippen molar-refractivity contribution in [2.45, 2.75) is 17.2 Å². The topological polar surface area (TPSA) is 46.5 Å². The molecule has 0 atom stereocenters. The summed E-state index contributed by atoms with van der Waals surface area (Å²) in [6.45, 7) is -0.503. The normalized spacial score (nSPS) is 11.8. The molecule has 0 saturated carbocycles. The number of alkyl halides is 6. The molecule has 0 aliphatic heterocycles. The molecule has 0 radical (unpaired) electrons. The fourth-order valence-electron chi connectivity index (χ4n) is 3.13. The molecule has 0 aliphatic rings. The van der Waals surface area contributed by atoms with E-state index in [1.807, 2.05) is 0 Å². The molecule has 0 heterocycles. The number of hydrogen-bond acceptors (Lipinski definition) is 3. The molecule has 1 N–H and O–H groups in total. The molecule has 0 bridgehead atoms. The Morgan fingerprint density at radius 2 is 1.36 bits per heavy atom. The lowest BCUT2D eigenvalue weighted by molar-refractivity contribution is -0.139. The third kappa shape index (κ3) is 7.54. The molecule has 0 unspecified atom stereocenters. The van der Waals surface area contributed by atoms with Gasteiger partial charge in [-0.15, -0.1) is 11.8 Å². The molecule has 0 aliphatic carbocycles. The average Bonchev–Trinajstić information content (AvgIpc) is 2.80. The van der Waals surface area contributed by atoms with Gasteiger partial charge in [0, 0.05) is 10.6 Å². The SMILES string of the molecule is O=C(O)COc1ccc(SCC=C(c2ccc(C(F)(F)F)cc2)c2ccc(C(F)(F)F)cc2)cc1Br. The minimum absolute atomic E-state index is 0.340. The van der Waals surface area contributed by atoms with E-state index in [4.69, 9.17) is 9.84 Å². The van der Waals surface area contributed by atoms with Crippen LogP contribution in [-0.4, -0.2) is 23.4 Å². The third-order valence-electron chi connectivity index (χ3n) is 4.84. The van der Waals surface area contributed by atoms with Gasteiger partial charge in [-0.05, 0) is 75.1 Å². The Bertz CT molecular complexity index is 1180. The van der Waals surface area contributed by atoms with Crippen molar-refractivity contribution in [2.24, 2.45) is 0 Å². The summed E-state index contributed by atoms with van der Waals surface area (Å²) in [5.41, 5.74) is -0.348. The van der Waals surface area contributed by atoms with Crippen molar-refractivity contribution in [3.63, 3.8) is 0 Å². The third-order valence-corrected chi connectivity index (χ3v) is 6.38. The number of rotatable bonds is 8. The van der Waals surface area contributed by atoms with E-state index in [0.717, 1.165) is 29.2 Å². The molecule has 0 fully saturated rings. The van der Waals surface area contributed by atoms with E-state index >= 15 is 0 Å². The Morgan fingerprint density at radius 1 is 0.861 bits per heavy atom. The van der Waals surface area contributed by atoms with E-state index in [1.54, 1.807) is 24.3 Å². The predicted octanol–water partition coefficient (Wildman–Crippen LogP) is 8.17. The van der Waals surface area contributed by atoms with Crippen LogP contribution in [0.25, 0.3) is 5.57 Å². The summed E-state index contributed by atoms with van der Waals surface area (Å²) >= 11 is 4.67. The van der Waals surface area contributed by atoms with Gasteiger partial charge in [0.25, 0.3) is 0 Å². The van der Waals surface area contributed by atoms with Crippen LogP contribution in [0, 0.1) is 0 Å².